The number of halogens is 3. The average molecular weight is 535 g/mol. The summed E-state index contributed by atoms with van der Waals surface area (Å²) in [6, 6.07) is 6.97. The molecule has 2 saturated heterocycles. The zero-order valence-electron chi connectivity index (χ0n) is 21.4. The molecule has 0 atom stereocenters. The third-order valence-corrected chi connectivity index (χ3v) is 7.22. The molecule has 0 aliphatic carbocycles. The number of piperazine rings is 1. The van der Waals surface area contributed by atoms with Crippen molar-refractivity contribution in [3.05, 3.63) is 57.9 Å². The number of rotatable bonds is 8. The minimum absolute atomic E-state index is 0.0995. The van der Waals surface area contributed by atoms with Crippen LogP contribution in [0.2, 0.25) is 0 Å². The Morgan fingerprint density at radius 2 is 1.82 bits per heavy atom. The first-order chi connectivity index (χ1) is 18.1. The SMILES string of the molecule is Cc1ccc(N2CCN(CCCC(=O)N3CCC(Nc4ccc([N+](=O)[O-])c(C(F)(F)F)c4)CC3)CC2)cn1. The van der Waals surface area contributed by atoms with Crippen molar-refractivity contribution in [1.82, 2.24) is 14.8 Å². The van der Waals surface area contributed by atoms with Gasteiger partial charge in [0.05, 0.1) is 16.8 Å². The summed E-state index contributed by atoms with van der Waals surface area (Å²) in [5.41, 5.74) is 0.0910. The van der Waals surface area contributed by atoms with Gasteiger partial charge in [-0.15, -0.1) is 0 Å². The van der Waals surface area contributed by atoms with E-state index < -0.39 is 22.4 Å². The van der Waals surface area contributed by atoms with Crippen LogP contribution >= 0.6 is 0 Å². The molecular formula is C26H33F3N6O3. The Morgan fingerprint density at radius 3 is 2.42 bits per heavy atom. The van der Waals surface area contributed by atoms with E-state index in [0.29, 0.717) is 32.4 Å². The Hall–Kier alpha value is -3.41. The zero-order valence-corrected chi connectivity index (χ0v) is 21.4. The molecular weight excluding hydrogens is 501 g/mol. The predicted molar refractivity (Wildman–Crippen MR) is 138 cm³/mol. The van der Waals surface area contributed by atoms with E-state index in [1.54, 1.807) is 0 Å². The summed E-state index contributed by atoms with van der Waals surface area (Å²) in [6.07, 6.45) is -0.459. The molecule has 38 heavy (non-hydrogen) atoms. The molecule has 2 aliphatic heterocycles. The summed E-state index contributed by atoms with van der Waals surface area (Å²) >= 11 is 0. The van der Waals surface area contributed by atoms with Crippen LogP contribution in [0.15, 0.2) is 36.5 Å². The highest BCUT2D eigenvalue weighted by Gasteiger charge is 2.38. The second-order valence-corrected chi connectivity index (χ2v) is 9.88. The van der Waals surface area contributed by atoms with Crippen LogP contribution in [0, 0.1) is 17.0 Å². The van der Waals surface area contributed by atoms with Gasteiger partial charge in [0.15, 0.2) is 0 Å². The lowest BCUT2D eigenvalue weighted by Crippen LogP contribution is -2.47. The molecule has 1 aromatic carbocycles. The van der Waals surface area contributed by atoms with Gasteiger partial charge >= 0.3 is 6.18 Å². The maximum atomic E-state index is 13.2. The van der Waals surface area contributed by atoms with Crippen LogP contribution in [0.1, 0.15) is 36.9 Å². The number of carbonyl (C=O) groups is 1. The number of nitro benzene ring substituents is 1. The Bertz CT molecular complexity index is 1110. The van der Waals surface area contributed by atoms with Crippen molar-refractivity contribution in [1.29, 1.82) is 0 Å². The highest BCUT2D eigenvalue weighted by molar-refractivity contribution is 5.76. The maximum absolute atomic E-state index is 13.2. The van der Waals surface area contributed by atoms with Crippen LogP contribution in [-0.4, -0.2) is 77.5 Å². The number of alkyl halides is 3. The number of hydrogen-bond acceptors (Lipinski definition) is 7. The lowest BCUT2D eigenvalue weighted by atomic mass is 10.0. The van der Waals surface area contributed by atoms with Gasteiger partial charge in [-0.05, 0) is 57.0 Å². The molecule has 0 unspecified atom stereocenters. The molecule has 0 bridgehead atoms. The number of carbonyl (C=O) groups excluding carboxylic acids is 1. The number of hydrogen-bond donors (Lipinski definition) is 1. The maximum Gasteiger partial charge on any atom is 0.423 e. The second-order valence-electron chi connectivity index (χ2n) is 9.88. The first-order valence-electron chi connectivity index (χ1n) is 12.9. The van der Waals surface area contributed by atoms with Gasteiger partial charge in [0.2, 0.25) is 5.91 Å². The number of amides is 1. The topological polar surface area (TPSA) is 94.8 Å². The van der Waals surface area contributed by atoms with Crippen LogP contribution in [0.3, 0.4) is 0 Å². The number of pyridine rings is 1. The summed E-state index contributed by atoms with van der Waals surface area (Å²) in [6.45, 7) is 7.63. The molecule has 1 N–H and O–H groups in total. The lowest BCUT2D eigenvalue weighted by molar-refractivity contribution is -0.388. The van der Waals surface area contributed by atoms with Crippen molar-refractivity contribution in [3.63, 3.8) is 0 Å². The Kier molecular flexibility index (Phi) is 8.70. The highest BCUT2D eigenvalue weighted by atomic mass is 19.4. The van der Waals surface area contributed by atoms with Gasteiger partial charge in [-0.1, -0.05) is 0 Å². The number of nitrogens with zero attached hydrogens (tertiary/aromatic N) is 5. The van der Waals surface area contributed by atoms with Gasteiger partial charge in [-0.3, -0.25) is 24.8 Å². The number of aryl methyl sites for hydroxylation is 1. The van der Waals surface area contributed by atoms with Gasteiger partial charge in [-0.2, -0.15) is 13.2 Å². The fraction of sp³-hybridized carbons (Fsp3) is 0.538. The van der Waals surface area contributed by atoms with Crippen LogP contribution in [-0.2, 0) is 11.0 Å². The quantitative estimate of drug-likeness (QED) is 0.398. The Balaban J connectivity index is 1.17. The smallest absolute Gasteiger partial charge is 0.382 e. The Labute approximate surface area is 219 Å². The molecule has 2 fully saturated rings. The molecule has 2 aliphatic rings. The Morgan fingerprint density at radius 1 is 1.11 bits per heavy atom. The fourth-order valence-electron chi connectivity index (χ4n) is 5.01. The third kappa shape index (κ3) is 7.12. The molecule has 0 saturated carbocycles. The number of likely N-dealkylation sites (tertiary alicyclic amines) is 1. The van der Waals surface area contributed by atoms with Gasteiger partial charge in [0.25, 0.3) is 5.69 Å². The van der Waals surface area contributed by atoms with Crippen LogP contribution in [0.5, 0.6) is 0 Å². The minimum atomic E-state index is -4.82. The van der Waals surface area contributed by atoms with E-state index in [1.165, 1.54) is 6.07 Å². The third-order valence-electron chi connectivity index (χ3n) is 7.22. The number of nitro groups is 1. The number of nitrogens with one attached hydrogen (secondary N) is 1. The van der Waals surface area contributed by atoms with E-state index in [-0.39, 0.29) is 17.6 Å². The van der Waals surface area contributed by atoms with Gasteiger partial charge in [-0.25, -0.2) is 0 Å². The molecule has 0 radical (unpaired) electrons. The second kappa shape index (κ2) is 12.0. The van der Waals surface area contributed by atoms with Gasteiger partial charge in [0, 0.05) is 69.2 Å². The summed E-state index contributed by atoms with van der Waals surface area (Å²) in [5.74, 6) is 0.0995. The van der Waals surface area contributed by atoms with Gasteiger partial charge in [0.1, 0.15) is 5.56 Å². The van der Waals surface area contributed by atoms with Gasteiger partial charge < -0.3 is 15.1 Å². The minimum Gasteiger partial charge on any atom is -0.382 e. The van der Waals surface area contributed by atoms with Crippen molar-refractivity contribution in [2.45, 2.75) is 44.8 Å². The molecule has 12 heteroatoms. The number of piperidine rings is 1. The van der Waals surface area contributed by atoms with Crippen LogP contribution in [0.25, 0.3) is 0 Å². The first-order valence-corrected chi connectivity index (χ1v) is 12.9. The number of anilines is 2. The van der Waals surface area contributed by atoms with E-state index in [2.05, 4.69) is 26.2 Å². The van der Waals surface area contributed by atoms with Crippen molar-refractivity contribution >= 4 is 23.0 Å². The van der Waals surface area contributed by atoms with E-state index in [0.717, 1.165) is 62.7 Å². The summed E-state index contributed by atoms with van der Waals surface area (Å²) < 4.78 is 39.7. The standard InChI is InChI=1S/C26H33F3N6O3/c1-19-4-6-22(18-30-19)33-15-13-32(14-16-33)10-2-3-25(36)34-11-8-20(9-12-34)31-21-5-7-24(35(37)38)23(17-21)26(27,28)29/h4-7,17-18,20,31H,2-3,8-16H2,1H3. The molecule has 4 rings (SSSR count). The van der Waals surface area contributed by atoms with Crippen molar-refractivity contribution in [2.75, 3.05) is 56.0 Å². The molecule has 9 nitrogen and oxygen atoms in total. The molecule has 3 heterocycles. The summed E-state index contributed by atoms with van der Waals surface area (Å²) in [5, 5.41) is 14.0. The molecule has 1 amide bonds. The number of aromatic nitrogens is 1. The lowest BCUT2D eigenvalue weighted by Gasteiger charge is -2.36. The first kappa shape index (κ1) is 27.6. The number of benzene rings is 1. The van der Waals surface area contributed by atoms with Crippen molar-refractivity contribution in [2.24, 2.45) is 0 Å². The fourth-order valence-corrected chi connectivity index (χ4v) is 5.01. The van der Waals surface area contributed by atoms with E-state index in [1.807, 2.05) is 24.1 Å². The molecule has 2 aromatic rings. The summed E-state index contributed by atoms with van der Waals surface area (Å²) in [4.78, 5) is 33.5. The van der Waals surface area contributed by atoms with E-state index in [4.69, 9.17) is 0 Å². The van der Waals surface area contributed by atoms with E-state index in [9.17, 15) is 28.1 Å². The van der Waals surface area contributed by atoms with Crippen LogP contribution < -0.4 is 10.2 Å². The van der Waals surface area contributed by atoms with Crippen molar-refractivity contribution in [3.8, 4) is 0 Å². The molecule has 0 spiro atoms. The molecule has 1 aromatic heterocycles. The summed E-state index contributed by atoms with van der Waals surface area (Å²) in [7, 11) is 0. The average Bonchev–Trinajstić information content (AvgIpc) is 2.89. The highest BCUT2D eigenvalue weighted by Crippen LogP contribution is 2.38. The molecule has 206 valence electrons. The van der Waals surface area contributed by atoms with Crippen LogP contribution in [0.4, 0.5) is 30.2 Å². The monoisotopic (exact) mass is 534 g/mol. The zero-order chi connectivity index (χ0) is 27.3. The van der Waals surface area contributed by atoms with Crippen molar-refractivity contribution < 1.29 is 22.9 Å². The largest absolute Gasteiger partial charge is 0.423 e. The van der Waals surface area contributed by atoms with E-state index >= 15 is 0 Å². The normalized spacial score (nSPS) is 17.5. The predicted octanol–water partition coefficient (Wildman–Crippen LogP) is 4.32.